The van der Waals surface area contributed by atoms with Crippen molar-refractivity contribution < 1.29 is 8.91 Å². The molecule has 4 aromatic rings. The number of aryl methyl sites for hydroxylation is 1. The van der Waals surface area contributed by atoms with Gasteiger partial charge >= 0.3 is 0 Å². The number of benzene rings is 2. The molecule has 0 amide bonds. The van der Waals surface area contributed by atoms with Gasteiger partial charge in [-0.05, 0) is 61.3 Å². The molecular weight excluding hydrogens is 443 g/mol. The lowest BCUT2D eigenvalue weighted by Crippen LogP contribution is -2.46. The van der Waals surface area contributed by atoms with Gasteiger partial charge in [0.2, 0.25) is 5.82 Å². The van der Waals surface area contributed by atoms with Crippen LogP contribution in [0.3, 0.4) is 0 Å². The van der Waals surface area contributed by atoms with E-state index < -0.39 is 0 Å². The largest absolute Gasteiger partial charge is 0.351 e. The standard InChI is InChI=1S/C24H19FN4OS2/c1-14-8-10-16(11-9-14)21-20(23-27-22(28-30-23)19-7-4-12-32-19)15(2)29(24(31)26-21)18-6-3-5-17(25)13-18/h3-13,21H,1-2H3,(H,26,31). The highest BCUT2D eigenvalue weighted by Gasteiger charge is 2.34. The minimum absolute atomic E-state index is 0.287. The van der Waals surface area contributed by atoms with Crippen molar-refractivity contribution in [2.75, 3.05) is 4.90 Å². The van der Waals surface area contributed by atoms with Crippen LogP contribution in [-0.2, 0) is 0 Å². The second-order valence-electron chi connectivity index (χ2n) is 7.51. The molecule has 2 aromatic carbocycles. The predicted molar refractivity (Wildman–Crippen MR) is 129 cm³/mol. The van der Waals surface area contributed by atoms with Crippen LogP contribution in [0.2, 0.25) is 0 Å². The van der Waals surface area contributed by atoms with E-state index in [9.17, 15) is 4.39 Å². The third-order valence-corrected chi connectivity index (χ3v) is 6.53. The summed E-state index contributed by atoms with van der Waals surface area (Å²) in [6.07, 6.45) is 0. The second kappa shape index (κ2) is 8.29. The second-order valence-corrected chi connectivity index (χ2v) is 8.84. The molecule has 32 heavy (non-hydrogen) atoms. The van der Waals surface area contributed by atoms with Crippen molar-refractivity contribution in [1.29, 1.82) is 0 Å². The van der Waals surface area contributed by atoms with Crippen molar-refractivity contribution in [2.45, 2.75) is 19.9 Å². The fraction of sp³-hybridized carbons (Fsp3) is 0.125. The summed E-state index contributed by atoms with van der Waals surface area (Å²) in [7, 11) is 0. The maximum atomic E-state index is 14.0. The fourth-order valence-electron chi connectivity index (χ4n) is 3.79. The van der Waals surface area contributed by atoms with E-state index >= 15 is 0 Å². The van der Waals surface area contributed by atoms with Crippen molar-refractivity contribution in [1.82, 2.24) is 15.5 Å². The average molecular weight is 463 g/mol. The van der Waals surface area contributed by atoms with Crippen LogP contribution < -0.4 is 10.2 Å². The minimum Gasteiger partial charge on any atom is -0.351 e. The molecule has 0 saturated carbocycles. The summed E-state index contributed by atoms with van der Waals surface area (Å²) in [5.74, 6) is 0.592. The fourth-order valence-corrected chi connectivity index (χ4v) is 4.80. The lowest BCUT2D eigenvalue weighted by molar-refractivity contribution is 0.404. The van der Waals surface area contributed by atoms with Crippen LogP contribution in [0.5, 0.6) is 0 Å². The van der Waals surface area contributed by atoms with Gasteiger partial charge in [0.05, 0.1) is 22.2 Å². The SMILES string of the molecule is CC1=C(c2nc(-c3cccs3)no2)C(c2ccc(C)cc2)NC(=S)N1c1cccc(F)c1. The van der Waals surface area contributed by atoms with Gasteiger partial charge in [-0.2, -0.15) is 4.98 Å². The molecule has 160 valence electrons. The van der Waals surface area contributed by atoms with E-state index in [1.165, 1.54) is 12.1 Å². The van der Waals surface area contributed by atoms with E-state index in [0.717, 1.165) is 27.3 Å². The molecule has 5 rings (SSSR count). The zero-order valence-electron chi connectivity index (χ0n) is 17.4. The smallest absolute Gasteiger partial charge is 0.258 e. The maximum Gasteiger partial charge on any atom is 0.258 e. The molecule has 0 spiro atoms. The molecule has 1 atom stereocenters. The molecule has 3 heterocycles. The number of aromatic nitrogens is 2. The highest BCUT2D eigenvalue weighted by atomic mass is 32.1. The summed E-state index contributed by atoms with van der Waals surface area (Å²) in [5, 5.41) is 10.0. The Morgan fingerprint density at radius 2 is 1.91 bits per heavy atom. The van der Waals surface area contributed by atoms with E-state index in [1.807, 2.05) is 37.4 Å². The van der Waals surface area contributed by atoms with Crippen molar-refractivity contribution in [2.24, 2.45) is 0 Å². The molecule has 1 N–H and O–H groups in total. The lowest BCUT2D eigenvalue weighted by Gasteiger charge is -2.37. The number of hydrogen-bond acceptors (Lipinski definition) is 5. The number of thiophene rings is 1. The Labute approximate surface area is 194 Å². The summed E-state index contributed by atoms with van der Waals surface area (Å²) in [6.45, 7) is 3.98. The van der Waals surface area contributed by atoms with Crippen LogP contribution in [0.15, 0.2) is 76.3 Å². The Hall–Kier alpha value is -3.36. The molecule has 1 aliphatic heterocycles. The van der Waals surface area contributed by atoms with Gasteiger partial charge in [0, 0.05) is 5.70 Å². The van der Waals surface area contributed by atoms with Crippen molar-refractivity contribution in [3.8, 4) is 10.7 Å². The molecular formula is C24H19FN4OS2. The summed E-state index contributed by atoms with van der Waals surface area (Å²) < 4.78 is 19.7. The molecule has 0 radical (unpaired) electrons. The average Bonchev–Trinajstić information content (AvgIpc) is 3.46. The third-order valence-electron chi connectivity index (χ3n) is 5.36. The van der Waals surface area contributed by atoms with Crippen LogP contribution in [0.4, 0.5) is 10.1 Å². The molecule has 1 aliphatic rings. The number of anilines is 1. The molecule has 1 unspecified atom stereocenters. The van der Waals surface area contributed by atoms with Gasteiger partial charge < -0.3 is 9.84 Å². The number of rotatable bonds is 4. The van der Waals surface area contributed by atoms with E-state index in [2.05, 4.69) is 39.7 Å². The quantitative estimate of drug-likeness (QED) is 0.369. The first-order valence-electron chi connectivity index (χ1n) is 10.0. The van der Waals surface area contributed by atoms with Gasteiger partial charge in [-0.3, -0.25) is 4.90 Å². The number of allylic oxidation sites excluding steroid dienone is 1. The number of hydrogen-bond donors (Lipinski definition) is 1. The van der Waals surface area contributed by atoms with Crippen LogP contribution in [0, 0.1) is 12.7 Å². The Bertz CT molecular complexity index is 1310. The van der Waals surface area contributed by atoms with Crippen molar-refractivity contribution >= 4 is 39.9 Å². The monoisotopic (exact) mass is 462 g/mol. The topological polar surface area (TPSA) is 54.2 Å². The molecule has 8 heteroatoms. The van der Waals surface area contributed by atoms with Crippen LogP contribution in [-0.4, -0.2) is 15.3 Å². The zero-order chi connectivity index (χ0) is 22.2. The minimum atomic E-state index is -0.335. The highest BCUT2D eigenvalue weighted by molar-refractivity contribution is 7.80. The Morgan fingerprint density at radius 1 is 1.09 bits per heavy atom. The summed E-state index contributed by atoms with van der Waals surface area (Å²) >= 11 is 7.24. The third kappa shape index (κ3) is 3.72. The predicted octanol–water partition coefficient (Wildman–Crippen LogP) is 6.11. The summed E-state index contributed by atoms with van der Waals surface area (Å²) in [4.78, 5) is 7.40. The summed E-state index contributed by atoms with van der Waals surface area (Å²) in [6, 6.07) is 18.2. The number of thiocarbonyl (C=S) groups is 1. The first-order valence-corrected chi connectivity index (χ1v) is 11.3. The molecule has 0 aliphatic carbocycles. The van der Waals surface area contributed by atoms with Gasteiger partial charge in [-0.15, -0.1) is 11.3 Å². The number of nitrogens with zero attached hydrogens (tertiary/aromatic N) is 3. The van der Waals surface area contributed by atoms with Crippen LogP contribution in [0.1, 0.15) is 30.0 Å². The Kier molecular flexibility index (Phi) is 5.32. The summed E-state index contributed by atoms with van der Waals surface area (Å²) in [5.41, 5.74) is 4.39. The molecule has 0 fully saturated rings. The molecule has 5 nitrogen and oxygen atoms in total. The first kappa shape index (κ1) is 20.5. The van der Waals surface area contributed by atoms with Gasteiger partial charge in [0.1, 0.15) is 5.82 Å². The van der Waals surface area contributed by atoms with Crippen LogP contribution >= 0.6 is 23.6 Å². The van der Waals surface area contributed by atoms with E-state index in [1.54, 1.807) is 22.3 Å². The maximum absolute atomic E-state index is 14.0. The van der Waals surface area contributed by atoms with Gasteiger partial charge in [-0.25, -0.2) is 4.39 Å². The Balaban J connectivity index is 1.67. The zero-order valence-corrected chi connectivity index (χ0v) is 19.0. The highest BCUT2D eigenvalue weighted by Crippen LogP contribution is 2.39. The van der Waals surface area contributed by atoms with E-state index in [-0.39, 0.29) is 11.9 Å². The molecule has 2 aromatic heterocycles. The lowest BCUT2D eigenvalue weighted by atomic mass is 9.94. The van der Waals surface area contributed by atoms with Crippen LogP contribution in [0.25, 0.3) is 16.3 Å². The van der Waals surface area contributed by atoms with Gasteiger partial charge in [0.15, 0.2) is 5.11 Å². The van der Waals surface area contributed by atoms with Gasteiger partial charge in [0.25, 0.3) is 5.89 Å². The van der Waals surface area contributed by atoms with Crippen molar-refractivity contribution in [3.63, 3.8) is 0 Å². The normalized spacial score (nSPS) is 16.4. The van der Waals surface area contributed by atoms with E-state index in [4.69, 9.17) is 16.7 Å². The van der Waals surface area contributed by atoms with Gasteiger partial charge in [-0.1, -0.05) is 47.1 Å². The number of nitrogens with one attached hydrogen (secondary N) is 1. The number of halogens is 1. The Morgan fingerprint density at radius 3 is 2.62 bits per heavy atom. The first-order chi connectivity index (χ1) is 15.5. The van der Waals surface area contributed by atoms with E-state index in [0.29, 0.717) is 22.5 Å². The molecule has 0 bridgehead atoms. The molecule has 0 saturated heterocycles. The van der Waals surface area contributed by atoms with Crippen molar-refractivity contribution in [3.05, 3.63) is 94.6 Å².